The van der Waals surface area contributed by atoms with Crippen LogP contribution in [0.3, 0.4) is 0 Å². The lowest BCUT2D eigenvalue weighted by Gasteiger charge is -2.07. The third kappa shape index (κ3) is 2.81. The van der Waals surface area contributed by atoms with Crippen LogP contribution >= 0.6 is 0 Å². The molecule has 14 heavy (non-hydrogen) atoms. The van der Waals surface area contributed by atoms with E-state index in [0.29, 0.717) is 12.2 Å². The maximum absolute atomic E-state index is 11.1. The van der Waals surface area contributed by atoms with Crippen molar-refractivity contribution >= 4 is 11.7 Å². The van der Waals surface area contributed by atoms with Gasteiger partial charge in [-0.3, -0.25) is 4.79 Å². The Hall–Kier alpha value is -1.42. The molecule has 4 nitrogen and oxygen atoms in total. The Balaban J connectivity index is 2.78. The second kappa shape index (κ2) is 4.72. The number of hydrogen-bond acceptors (Lipinski definition) is 3. The summed E-state index contributed by atoms with van der Waals surface area (Å²) < 4.78 is 0. The predicted octanol–water partition coefficient (Wildman–Crippen LogP) is 1.45. The van der Waals surface area contributed by atoms with Crippen LogP contribution in [0, 0.1) is 0 Å². The largest absolute Gasteiger partial charge is 0.324 e. The first-order valence-corrected chi connectivity index (χ1v) is 4.65. The standard InChI is InChI=1S/C10H15N3O/c1-3-10(14)13-9-6-8(7(2)11)4-5-12-9/h4-7H,3,11H2,1-2H3,(H,12,13,14). The van der Waals surface area contributed by atoms with Crippen LogP contribution in [-0.2, 0) is 4.79 Å². The van der Waals surface area contributed by atoms with E-state index in [-0.39, 0.29) is 11.9 Å². The number of anilines is 1. The lowest BCUT2D eigenvalue weighted by Crippen LogP contribution is -2.12. The number of nitrogens with zero attached hydrogens (tertiary/aromatic N) is 1. The number of aromatic nitrogens is 1. The molecule has 0 radical (unpaired) electrons. The molecule has 0 saturated carbocycles. The zero-order chi connectivity index (χ0) is 10.6. The molecule has 0 aliphatic carbocycles. The molecule has 76 valence electrons. The van der Waals surface area contributed by atoms with Crippen molar-refractivity contribution in [1.82, 2.24) is 4.98 Å². The van der Waals surface area contributed by atoms with E-state index in [1.54, 1.807) is 19.2 Å². The lowest BCUT2D eigenvalue weighted by molar-refractivity contribution is -0.115. The Morgan fingerprint density at radius 1 is 1.71 bits per heavy atom. The van der Waals surface area contributed by atoms with Crippen LogP contribution in [0.4, 0.5) is 5.82 Å². The molecular formula is C10H15N3O. The highest BCUT2D eigenvalue weighted by atomic mass is 16.1. The van der Waals surface area contributed by atoms with E-state index >= 15 is 0 Å². The quantitative estimate of drug-likeness (QED) is 0.763. The molecule has 1 atom stereocenters. The van der Waals surface area contributed by atoms with Crippen molar-refractivity contribution in [3.8, 4) is 0 Å². The van der Waals surface area contributed by atoms with E-state index in [2.05, 4.69) is 10.3 Å². The van der Waals surface area contributed by atoms with Gasteiger partial charge >= 0.3 is 0 Å². The third-order valence-corrected chi connectivity index (χ3v) is 1.90. The Morgan fingerprint density at radius 3 is 3.00 bits per heavy atom. The van der Waals surface area contributed by atoms with Crippen LogP contribution in [0.5, 0.6) is 0 Å². The third-order valence-electron chi connectivity index (χ3n) is 1.90. The number of amides is 1. The van der Waals surface area contributed by atoms with Gasteiger partial charge in [-0.25, -0.2) is 4.98 Å². The first-order chi connectivity index (χ1) is 6.63. The molecule has 1 heterocycles. The van der Waals surface area contributed by atoms with Crippen molar-refractivity contribution < 1.29 is 4.79 Å². The summed E-state index contributed by atoms with van der Waals surface area (Å²) >= 11 is 0. The minimum atomic E-state index is -0.0460. The predicted molar refractivity (Wildman–Crippen MR) is 55.8 cm³/mol. The Kier molecular flexibility index (Phi) is 3.59. The van der Waals surface area contributed by atoms with Crippen LogP contribution in [0.25, 0.3) is 0 Å². The molecule has 0 bridgehead atoms. The summed E-state index contributed by atoms with van der Waals surface area (Å²) in [5, 5.41) is 2.68. The Labute approximate surface area is 83.5 Å². The first-order valence-electron chi connectivity index (χ1n) is 4.65. The minimum Gasteiger partial charge on any atom is -0.324 e. The molecule has 1 unspecified atom stereocenters. The van der Waals surface area contributed by atoms with Crippen LogP contribution in [0.2, 0.25) is 0 Å². The van der Waals surface area contributed by atoms with Crippen LogP contribution in [0.15, 0.2) is 18.3 Å². The highest BCUT2D eigenvalue weighted by molar-refractivity contribution is 5.89. The first kappa shape index (κ1) is 10.7. The number of nitrogens with two attached hydrogens (primary N) is 1. The van der Waals surface area contributed by atoms with Gasteiger partial charge < -0.3 is 11.1 Å². The normalized spacial score (nSPS) is 12.2. The molecule has 0 spiro atoms. The van der Waals surface area contributed by atoms with Gasteiger partial charge in [0.25, 0.3) is 0 Å². The summed E-state index contributed by atoms with van der Waals surface area (Å²) in [6.07, 6.45) is 2.09. The van der Waals surface area contributed by atoms with Gasteiger partial charge in [-0.05, 0) is 24.6 Å². The Bertz CT molecular complexity index is 323. The van der Waals surface area contributed by atoms with Gasteiger partial charge in [0.15, 0.2) is 0 Å². The van der Waals surface area contributed by atoms with Crippen molar-refractivity contribution in [2.75, 3.05) is 5.32 Å². The molecule has 0 saturated heterocycles. The summed E-state index contributed by atoms with van der Waals surface area (Å²) in [5.41, 5.74) is 6.67. The van der Waals surface area contributed by atoms with E-state index < -0.39 is 0 Å². The SMILES string of the molecule is CCC(=O)Nc1cc(C(C)N)ccn1. The van der Waals surface area contributed by atoms with Gasteiger partial charge in [0.05, 0.1) is 0 Å². The molecule has 0 aliphatic rings. The van der Waals surface area contributed by atoms with Gasteiger partial charge in [-0.1, -0.05) is 6.92 Å². The van der Waals surface area contributed by atoms with E-state index in [0.717, 1.165) is 5.56 Å². The smallest absolute Gasteiger partial charge is 0.225 e. The second-order valence-electron chi connectivity index (χ2n) is 3.16. The maximum Gasteiger partial charge on any atom is 0.225 e. The summed E-state index contributed by atoms with van der Waals surface area (Å²) in [6.45, 7) is 3.69. The van der Waals surface area contributed by atoms with E-state index in [1.807, 2.05) is 13.0 Å². The number of carbonyl (C=O) groups is 1. The van der Waals surface area contributed by atoms with Crippen LogP contribution in [-0.4, -0.2) is 10.9 Å². The summed E-state index contributed by atoms with van der Waals surface area (Å²) in [5.74, 6) is 0.519. The molecule has 0 aliphatic heterocycles. The fourth-order valence-electron chi connectivity index (χ4n) is 1.03. The molecule has 3 N–H and O–H groups in total. The van der Waals surface area contributed by atoms with Gasteiger partial charge in [0.1, 0.15) is 5.82 Å². The van der Waals surface area contributed by atoms with Crippen LogP contribution < -0.4 is 11.1 Å². The fraction of sp³-hybridized carbons (Fsp3) is 0.400. The average molecular weight is 193 g/mol. The zero-order valence-corrected chi connectivity index (χ0v) is 8.45. The van der Waals surface area contributed by atoms with E-state index in [1.165, 1.54) is 0 Å². The van der Waals surface area contributed by atoms with Crippen molar-refractivity contribution in [2.24, 2.45) is 5.73 Å². The van der Waals surface area contributed by atoms with Gasteiger partial charge in [0.2, 0.25) is 5.91 Å². The van der Waals surface area contributed by atoms with Crippen LogP contribution in [0.1, 0.15) is 31.9 Å². The molecule has 1 rings (SSSR count). The fourth-order valence-corrected chi connectivity index (χ4v) is 1.03. The van der Waals surface area contributed by atoms with Gasteiger partial charge in [-0.15, -0.1) is 0 Å². The minimum absolute atomic E-state index is 0.0423. The summed E-state index contributed by atoms with van der Waals surface area (Å²) in [4.78, 5) is 15.1. The lowest BCUT2D eigenvalue weighted by atomic mass is 10.1. The summed E-state index contributed by atoms with van der Waals surface area (Å²) in [6, 6.07) is 3.58. The average Bonchev–Trinajstić information content (AvgIpc) is 2.18. The molecule has 1 amide bonds. The highest BCUT2D eigenvalue weighted by Gasteiger charge is 2.03. The van der Waals surface area contributed by atoms with Crippen molar-refractivity contribution in [3.05, 3.63) is 23.9 Å². The maximum atomic E-state index is 11.1. The molecule has 0 aromatic carbocycles. The molecule has 4 heteroatoms. The van der Waals surface area contributed by atoms with Gasteiger partial charge in [0, 0.05) is 18.7 Å². The molecule has 0 fully saturated rings. The molecule has 1 aromatic heterocycles. The molecular weight excluding hydrogens is 178 g/mol. The van der Waals surface area contributed by atoms with Crippen molar-refractivity contribution in [2.45, 2.75) is 26.3 Å². The monoisotopic (exact) mass is 193 g/mol. The summed E-state index contributed by atoms with van der Waals surface area (Å²) in [7, 11) is 0. The zero-order valence-electron chi connectivity index (χ0n) is 8.45. The number of hydrogen-bond donors (Lipinski definition) is 2. The van der Waals surface area contributed by atoms with Crippen molar-refractivity contribution in [3.63, 3.8) is 0 Å². The number of pyridine rings is 1. The second-order valence-corrected chi connectivity index (χ2v) is 3.16. The number of carbonyl (C=O) groups excluding carboxylic acids is 1. The molecule has 1 aromatic rings. The van der Waals surface area contributed by atoms with E-state index in [4.69, 9.17) is 5.73 Å². The van der Waals surface area contributed by atoms with Crippen molar-refractivity contribution in [1.29, 1.82) is 0 Å². The number of nitrogens with one attached hydrogen (secondary N) is 1. The Morgan fingerprint density at radius 2 is 2.43 bits per heavy atom. The topological polar surface area (TPSA) is 68.0 Å². The highest BCUT2D eigenvalue weighted by Crippen LogP contribution is 2.12. The number of rotatable bonds is 3. The van der Waals surface area contributed by atoms with Gasteiger partial charge in [-0.2, -0.15) is 0 Å². The van der Waals surface area contributed by atoms with E-state index in [9.17, 15) is 4.79 Å².